The van der Waals surface area contributed by atoms with Crippen molar-refractivity contribution < 1.29 is 24.6 Å². The quantitative estimate of drug-likeness (QED) is 0.303. The number of carbonyl (C=O) groups excluding carboxylic acids is 3. The number of benzene rings is 2. The van der Waals surface area contributed by atoms with Crippen molar-refractivity contribution in [1.82, 2.24) is 15.2 Å². The first-order valence-electron chi connectivity index (χ1n) is 13.9. The summed E-state index contributed by atoms with van der Waals surface area (Å²) in [4.78, 5) is 47.0. The van der Waals surface area contributed by atoms with E-state index in [0.717, 1.165) is 12.8 Å². The smallest absolute Gasteiger partial charge is 0.254 e. The highest BCUT2D eigenvalue weighted by Crippen LogP contribution is 2.49. The predicted octanol–water partition coefficient (Wildman–Crippen LogP) is 3.98. The van der Waals surface area contributed by atoms with Gasteiger partial charge in [0.1, 0.15) is 0 Å². The Hall–Kier alpha value is -3.50. The number of nitrogens with zero attached hydrogens (tertiary/aromatic N) is 2. The van der Waals surface area contributed by atoms with Crippen molar-refractivity contribution in [3.63, 3.8) is 0 Å². The van der Waals surface area contributed by atoms with E-state index in [1.54, 1.807) is 53.6 Å². The van der Waals surface area contributed by atoms with Crippen LogP contribution in [0.4, 0.5) is 0 Å². The Morgan fingerprint density at radius 3 is 2.52 bits per heavy atom. The molecule has 0 radical (unpaired) electrons. The van der Waals surface area contributed by atoms with E-state index >= 15 is 0 Å². The van der Waals surface area contributed by atoms with Crippen molar-refractivity contribution >= 4 is 40.9 Å². The monoisotopic (exact) mass is 610 g/mol. The Kier molecular flexibility index (Phi) is 9.13. The molecule has 4 atom stereocenters. The van der Waals surface area contributed by atoms with Gasteiger partial charge in [-0.3, -0.25) is 19.4 Å². The number of nitrogens with two attached hydrogens (primary N) is 1. The van der Waals surface area contributed by atoms with Gasteiger partial charge in [0.25, 0.3) is 5.91 Å². The van der Waals surface area contributed by atoms with Crippen LogP contribution in [-0.4, -0.2) is 57.0 Å². The molecular weight excluding hydrogens is 579 g/mol. The summed E-state index contributed by atoms with van der Waals surface area (Å²) in [6.07, 6.45) is 4.26. The molecule has 1 aliphatic heterocycles. The molecule has 0 spiro atoms. The summed E-state index contributed by atoms with van der Waals surface area (Å²) >= 11 is 13.0. The molecule has 3 amide bonds. The second-order valence-electron chi connectivity index (χ2n) is 10.6. The molecule has 2 heterocycles. The Morgan fingerprint density at radius 1 is 1.02 bits per heavy atom. The number of hydrogen-bond acceptors (Lipinski definition) is 6. The highest BCUT2D eigenvalue weighted by atomic mass is 35.5. The molecule has 0 bridgehead atoms. The van der Waals surface area contributed by atoms with E-state index in [4.69, 9.17) is 28.9 Å². The van der Waals surface area contributed by atoms with Gasteiger partial charge >= 0.3 is 0 Å². The lowest BCUT2D eigenvalue weighted by molar-refractivity contribution is -0.129. The summed E-state index contributed by atoms with van der Waals surface area (Å²) in [7, 11) is 0. The number of pyridine rings is 1. The summed E-state index contributed by atoms with van der Waals surface area (Å²) < 4.78 is 0. The van der Waals surface area contributed by atoms with Crippen LogP contribution in [0.5, 0.6) is 0 Å². The van der Waals surface area contributed by atoms with Gasteiger partial charge in [-0.15, -0.1) is 0 Å². The Bertz CT molecular complexity index is 1520. The maximum Gasteiger partial charge on any atom is 0.254 e. The van der Waals surface area contributed by atoms with E-state index in [1.807, 2.05) is 6.07 Å². The number of aromatic nitrogens is 1. The normalized spacial score (nSPS) is 22.0. The van der Waals surface area contributed by atoms with Gasteiger partial charge in [-0.05, 0) is 59.9 Å². The SMILES string of the molecule is NC(=O)C1c2cc(-c3cccnc3CO)ccc2C(=O)N(C2CCCCC2C(=O)NCCO)C1c1ccc(Cl)cc1Cl. The third-order valence-corrected chi connectivity index (χ3v) is 8.80. The zero-order valence-corrected chi connectivity index (χ0v) is 24.3. The average Bonchev–Trinajstić information content (AvgIpc) is 2.99. The molecule has 220 valence electrons. The van der Waals surface area contributed by atoms with Crippen molar-refractivity contribution in [2.75, 3.05) is 13.2 Å². The number of aliphatic hydroxyl groups is 2. The lowest BCUT2D eigenvalue weighted by Gasteiger charge is -2.48. The number of fused-ring (bicyclic) bond motifs is 1. The number of nitrogens with one attached hydrogen (secondary N) is 1. The Morgan fingerprint density at radius 2 is 1.81 bits per heavy atom. The lowest BCUT2D eigenvalue weighted by Crippen LogP contribution is -2.56. The fraction of sp³-hybridized carbons (Fsp3) is 0.355. The highest BCUT2D eigenvalue weighted by Gasteiger charge is 2.49. The first-order chi connectivity index (χ1) is 20.3. The molecule has 2 aromatic carbocycles. The van der Waals surface area contributed by atoms with Crippen LogP contribution < -0.4 is 11.1 Å². The van der Waals surface area contributed by atoms with Crippen molar-refractivity contribution in [3.8, 4) is 11.1 Å². The molecule has 5 rings (SSSR count). The van der Waals surface area contributed by atoms with Crippen LogP contribution in [0.15, 0.2) is 54.7 Å². The minimum atomic E-state index is -1.01. The second kappa shape index (κ2) is 12.8. The van der Waals surface area contributed by atoms with E-state index in [0.29, 0.717) is 51.4 Å². The molecular formula is C31H32Cl2N4O5. The topological polar surface area (TPSA) is 146 Å². The summed E-state index contributed by atoms with van der Waals surface area (Å²) in [6, 6.07) is 12.1. The summed E-state index contributed by atoms with van der Waals surface area (Å²) in [6.45, 7) is -0.394. The van der Waals surface area contributed by atoms with Crippen LogP contribution in [0.3, 0.4) is 0 Å². The molecule has 42 heavy (non-hydrogen) atoms. The largest absolute Gasteiger partial charge is 0.395 e. The summed E-state index contributed by atoms with van der Waals surface area (Å²) in [5, 5.41) is 22.6. The Labute approximate surface area is 253 Å². The van der Waals surface area contributed by atoms with Gasteiger partial charge in [0.05, 0.1) is 36.8 Å². The number of rotatable bonds is 8. The molecule has 2 aliphatic rings. The molecule has 11 heteroatoms. The van der Waals surface area contributed by atoms with Gasteiger partial charge in [-0.2, -0.15) is 0 Å². The van der Waals surface area contributed by atoms with Crippen LogP contribution in [0.25, 0.3) is 11.1 Å². The zero-order valence-electron chi connectivity index (χ0n) is 22.8. The molecule has 1 aromatic heterocycles. The fourth-order valence-corrected chi connectivity index (χ4v) is 6.92. The van der Waals surface area contributed by atoms with Crippen LogP contribution in [-0.2, 0) is 16.2 Å². The van der Waals surface area contributed by atoms with Gasteiger partial charge in [-0.25, -0.2) is 0 Å². The minimum absolute atomic E-state index is 0.0993. The molecule has 0 saturated heterocycles. The van der Waals surface area contributed by atoms with E-state index in [-0.39, 0.29) is 36.6 Å². The molecule has 4 unspecified atom stereocenters. The maximum absolute atomic E-state index is 14.5. The van der Waals surface area contributed by atoms with Gasteiger partial charge < -0.3 is 26.2 Å². The van der Waals surface area contributed by atoms with Crippen LogP contribution in [0.2, 0.25) is 10.0 Å². The molecule has 5 N–H and O–H groups in total. The van der Waals surface area contributed by atoms with Crippen molar-refractivity contribution in [2.24, 2.45) is 11.7 Å². The first-order valence-corrected chi connectivity index (χ1v) is 14.7. The molecule has 1 aliphatic carbocycles. The number of halogens is 2. The van der Waals surface area contributed by atoms with Gasteiger partial charge in [0.15, 0.2) is 0 Å². The van der Waals surface area contributed by atoms with Crippen molar-refractivity contribution in [1.29, 1.82) is 0 Å². The third kappa shape index (κ3) is 5.62. The van der Waals surface area contributed by atoms with E-state index in [9.17, 15) is 24.6 Å². The van der Waals surface area contributed by atoms with Crippen LogP contribution in [0, 0.1) is 5.92 Å². The van der Waals surface area contributed by atoms with E-state index in [2.05, 4.69) is 10.3 Å². The van der Waals surface area contributed by atoms with E-state index < -0.39 is 29.8 Å². The van der Waals surface area contributed by atoms with Crippen molar-refractivity contribution in [2.45, 2.75) is 50.3 Å². The third-order valence-electron chi connectivity index (χ3n) is 8.24. The number of primary amides is 1. The average molecular weight is 612 g/mol. The van der Waals surface area contributed by atoms with Crippen molar-refractivity contribution in [3.05, 3.63) is 87.2 Å². The number of carbonyl (C=O) groups is 3. The predicted molar refractivity (Wildman–Crippen MR) is 159 cm³/mol. The van der Waals surface area contributed by atoms with Crippen LogP contribution in [0.1, 0.15) is 64.8 Å². The first kappa shape index (κ1) is 30.0. The Balaban J connectivity index is 1.71. The van der Waals surface area contributed by atoms with Gasteiger partial charge in [0, 0.05) is 40.0 Å². The molecule has 9 nitrogen and oxygen atoms in total. The fourth-order valence-electron chi connectivity index (χ4n) is 6.40. The number of amides is 3. The summed E-state index contributed by atoms with van der Waals surface area (Å²) in [5.74, 6) is -2.82. The van der Waals surface area contributed by atoms with E-state index in [1.165, 1.54) is 0 Å². The summed E-state index contributed by atoms with van der Waals surface area (Å²) in [5.41, 5.74) is 9.13. The zero-order chi connectivity index (χ0) is 30.0. The highest BCUT2D eigenvalue weighted by molar-refractivity contribution is 6.35. The van der Waals surface area contributed by atoms with Crippen LogP contribution >= 0.6 is 23.2 Å². The van der Waals surface area contributed by atoms with Gasteiger partial charge in [-0.1, -0.05) is 54.2 Å². The lowest BCUT2D eigenvalue weighted by atomic mass is 9.74. The maximum atomic E-state index is 14.5. The molecule has 3 aromatic rings. The molecule has 1 saturated carbocycles. The van der Waals surface area contributed by atoms with Gasteiger partial charge in [0.2, 0.25) is 11.8 Å². The minimum Gasteiger partial charge on any atom is -0.395 e. The number of hydrogen-bond donors (Lipinski definition) is 4. The standard InChI is InChI=1S/C31H32Cl2N4O5/c32-18-8-10-21(24(33)15-18)28-27(29(34)40)23-14-17(19-5-3-11-35-25(19)16-39)7-9-20(23)31(42)37(28)26-6-2-1-4-22(26)30(41)36-12-13-38/h3,5,7-11,14-15,22,26-28,38-39H,1-2,4,6,12-13,16H2,(H2,34,40)(H,36,41). The molecule has 1 fully saturated rings. The second-order valence-corrected chi connectivity index (χ2v) is 11.5. The number of aliphatic hydroxyl groups excluding tert-OH is 2.